The van der Waals surface area contributed by atoms with E-state index in [1.165, 1.54) is 23.9 Å². The quantitative estimate of drug-likeness (QED) is 0.595. The Bertz CT molecular complexity index is 1110. The van der Waals surface area contributed by atoms with Crippen LogP contribution in [0.1, 0.15) is 32.1 Å². The molecule has 1 aromatic carbocycles. The van der Waals surface area contributed by atoms with Crippen LogP contribution in [0.2, 0.25) is 0 Å². The molecule has 0 saturated carbocycles. The predicted molar refractivity (Wildman–Crippen MR) is 107 cm³/mol. The highest BCUT2D eigenvalue weighted by molar-refractivity contribution is 9.10. The van der Waals surface area contributed by atoms with Crippen molar-refractivity contribution in [3.8, 4) is 5.75 Å². The predicted octanol–water partition coefficient (Wildman–Crippen LogP) is 1.47. The standard InChI is InChI=1S/C19H18BrN5O4/c1-28-9-13-16(17(21)26)18-22-5-4-14(25(18)24-13)19(27)23-12-7-10-6-11(20)2-3-15(10)29-8-12/h2-6,12H,7-9H2,1H3,(H2,21,26)(H,23,27). The molecule has 2 aromatic heterocycles. The van der Waals surface area contributed by atoms with Crippen LogP contribution in [0.15, 0.2) is 34.9 Å². The number of nitrogens with zero attached hydrogens (tertiary/aromatic N) is 3. The molecule has 0 radical (unpaired) electrons. The summed E-state index contributed by atoms with van der Waals surface area (Å²) in [6.45, 7) is 0.431. The number of nitrogens with two attached hydrogens (primary N) is 1. The molecule has 3 heterocycles. The summed E-state index contributed by atoms with van der Waals surface area (Å²) in [5, 5.41) is 7.28. The van der Waals surface area contributed by atoms with Gasteiger partial charge >= 0.3 is 0 Å². The van der Waals surface area contributed by atoms with E-state index in [0.29, 0.717) is 18.7 Å². The van der Waals surface area contributed by atoms with E-state index in [1.54, 1.807) is 0 Å². The van der Waals surface area contributed by atoms with Gasteiger partial charge in [0.15, 0.2) is 5.65 Å². The molecule has 1 aliphatic rings. The van der Waals surface area contributed by atoms with Crippen molar-refractivity contribution in [2.45, 2.75) is 19.1 Å². The molecule has 9 nitrogen and oxygen atoms in total. The number of carbonyl (C=O) groups excluding carboxylic acids is 2. The summed E-state index contributed by atoms with van der Waals surface area (Å²) in [4.78, 5) is 29.0. The Labute approximate surface area is 174 Å². The number of primary amides is 1. The summed E-state index contributed by atoms with van der Waals surface area (Å²) in [7, 11) is 1.48. The van der Waals surface area contributed by atoms with Crippen molar-refractivity contribution >= 4 is 33.4 Å². The summed E-state index contributed by atoms with van der Waals surface area (Å²) in [6.07, 6.45) is 2.08. The summed E-state index contributed by atoms with van der Waals surface area (Å²) in [5.74, 6) is -0.223. The third kappa shape index (κ3) is 3.68. The number of hydrogen-bond acceptors (Lipinski definition) is 6. The maximum Gasteiger partial charge on any atom is 0.270 e. The van der Waals surface area contributed by atoms with Crippen molar-refractivity contribution in [3.05, 3.63) is 57.4 Å². The SMILES string of the molecule is COCc1nn2c(C(=O)NC3COc4ccc(Br)cc4C3)ccnc2c1C(N)=O. The number of hydrogen-bond donors (Lipinski definition) is 2. The van der Waals surface area contributed by atoms with Gasteiger partial charge in [-0.2, -0.15) is 5.10 Å². The molecule has 1 aliphatic heterocycles. The number of carbonyl (C=O) groups is 2. The first-order valence-corrected chi connectivity index (χ1v) is 9.64. The number of ether oxygens (including phenoxy) is 2. The van der Waals surface area contributed by atoms with Crippen molar-refractivity contribution in [2.24, 2.45) is 5.73 Å². The van der Waals surface area contributed by atoms with Gasteiger partial charge in [0.05, 0.1) is 12.6 Å². The largest absolute Gasteiger partial charge is 0.491 e. The first-order chi connectivity index (χ1) is 14.0. The van der Waals surface area contributed by atoms with Gasteiger partial charge in [-0.3, -0.25) is 9.59 Å². The van der Waals surface area contributed by atoms with Gasteiger partial charge in [-0.1, -0.05) is 15.9 Å². The fourth-order valence-corrected chi connectivity index (χ4v) is 3.77. The third-order valence-corrected chi connectivity index (χ3v) is 5.11. The van der Waals surface area contributed by atoms with E-state index in [4.69, 9.17) is 15.2 Å². The lowest BCUT2D eigenvalue weighted by Gasteiger charge is -2.26. The number of methoxy groups -OCH3 is 1. The topological polar surface area (TPSA) is 121 Å². The Morgan fingerprint density at radius 3 is 3.00 bits per heavy atom. The smallest absolute Gasteiger partial charge is 0.270 e. The van der Waals surface area contributed by atoms with E-state index in [-0.39, 0.29) is 35.5 Å². The lowest BCUT2D eigenvalue weighted by molar-refractivity contribution is 0.0906. The number of benzene rings is 1. The number of amides is 2. The minimum Gasteiger partial charge on any atom is -0.491 e. The number of fused-ring (bicyclic) bond motifs is 2. The molecule has 0 fully saturated rings. The van der Waals surface area contributed by atoms with Crippen molar-refractivity contribution in [1.82, 2.24) is 19.9 Å². The van der Waals surface area contributed by atoms with Gasteiger partial charge in [-0.05, 0) is 36.2 Å². The van der Waals surface area contributed by atoms with Crippen LogP contribution >= 0.6 is 15.9 Å². The molecular formula is C19H18BrN5O4. The zero-order chi connectivity index (χ0) is 20.5. The number of halogens is 1. The summed E-state index contributed by atoms with van der Waals surface area (Å²) < 4.78 is 13.1. The van der Waals surface area contributed by atoms with E-state index in [1.807, 2.05) is 18.2 Å². The fourth-order valence-electron chi connectivity index (χ4n) is 3.37. The highest BCUT2D eigenvalue weighted by Gasteiger charge is 2.25. The van der Waals surface area contributed by atoms with Crippen molar-refractivity contribution in [3.63, 3.8) is 0 Å². The van der Waals surface area contributed by atoms with Gasteiger partial charge < -0.3 is 20.5 Å². The summed E-state index contributed by atoms with van der Waals surface area (Å²) in [5.41, 5.74) is 7.40. The van der Waals surface area contributed by atoms with E-state index in [0.717, 1.165) is 15.8 Å². The molecule has 10 heteroatoms. The van der Waals surface area contributed by atoms with Gasteiger partial charge in [-0.25, -0.2) is 9.50 Å². The van der Waals surface area contributed by atoms with Crippen LogP contribution in [0.25, 0.3) is 5.65 Å². The van der Waals surface area contributed by atoms with Gasteiger partial charge in [-0.15, -0.1) is 0 Å². The summed E-state index contributed by atoms with van der Waals surface area (Å²) >= 11 is 3.45. The monoisotopic (exact) mass is 459 g/mol. The Morgan fingerprint density at radius 1 is 1.41 bits per heavy atom. The highest BCUT2D eigenvalue weighted by atomic mass is 79.9. The first kappa shape index (κ1) is 19.3. The van der Waals surface area contributed by atoms with Crippen LogP contribution in [0.3, 0.4) is 0 Å². The van der Waals surface area contributed by atoms with E-state index in [9.17, 15) is 9.59 Å². The third-order valence-electron chi connectivity index (χ3n) is 4.62. The van der Waals surface area contributed by atoms with Gasteiger partial charge in [0.1, 0.15) is 29.3 Å². The average Bonchev–Trinajstić information content (AvgIpc) is 3.06. The Hall–Kier alpha value is -2.98. The molecule has 150 valence electrons. The second-order valence-corrected chi connectivity index (χ2v) is 7.54. The van der Waals surface area contributed by atoms with Crippen molar-refractivity contribution < 1.29 is 19.1 Å². The van der Waals surface area contributed by atoms with Crippen molar-refractivity contribution in [2.75, 3.05) is 13.7 Å². The molecule has 4 rings (SSSR count). The number of rotatable bonds is 5. The molecule has 0 bridgehead atoms. The van der Waals surface area contributed by atoms with Crippen LogP contribution in [0.5, 0.6) is 5.75 Å². The molecule has 29 heavy (non-hydrogen) atoms. The Kier molecular flexibility index (Phi) is 5.20. The van der Waals surface area contributed by atoms with Crippen LogP contribution < -0.4 is 15.8 Å². The zero-order valence-corrected chi connectivity index (χ0v) is 17.1. The normalized spacial score (nSPS) is 15.6. The van der Waals surface area contributed by atoms with Crippen LogP contribution in [0.4, 0.5) is 0 Å². The molecule has 0 saturated heterocycles. The Balaban J connectivity index is 1.62. The van der Waals surface area contributed by atoms with Crippen molar-refractivity contribution in [1.29, 1.82) is 0 Å². The molecule has 2 amide bonds. The number of nitrogens with one attached hydrogen (secondary N) is 1. The average molecular weight is 460 g/mol. The van der Waals surface area contributed by atoms with Gasteiger partial charge in [0.2, 0.25) is 0 Å². The Morgan fingerprint density at radius 2 is 2.24 bits per heavy atom. The minimum atomic E-state index is -0.681. The minimum absolute atomic E-state index is 0.0742. The molecular weight excluding hydrogens is 442 g/mol. The van der Waals surface area contributed by atoms with E-state index in [2.05, 4.69) is 31.3 Å². The zero-order valence-electron chi connectivity index (χ0n) is 15.5. The molecule has 1 atom stereocenters. The summed E-state index contributed by atoms with van der Waals surface area (Å²) in [6, 6.07) is 7.11. The molecule has 3 aromatic rings. The van der Waals surface area contributed by atoms with Crippen LogP contribution in [-0.2, 0) is 17.8 Å². The highest BCUT2D eigenvalue weighted by Crippen LogP contribution is 2.28. The fraction of sp³-hybridized carbons (Fsp3) is 0.263. The lowest BCUT2D eigenvalue weighted by atomic mass is 10.0. The van der Waals surface area contributed by atoms with E-state index >= 15 is 0 Å². The molecule has 0 aliphatic carbocycles. The van der Waals surface area contributed by atoms with Crippen LogP contribution in [0, 0.1) is 0 Å². The van der Waals surface area contributed by atoms with Gasteiger partial charge in [0.25, 0.3) is 11.8 Å². The lowest BCUT2D eigenvalue weighted by Crippen LogP contribution is -2.43. The molecule has 3 N–H and O–H groups in total. The van der Waals surface area contributed by atoms with Gasteiger partial charge in [0, 0.05) is 17.8 Å². The number of aromatic nitrogens is 3. The van der Waals surface area contributed by atoms with Crippen LogP contribution in [-0.4, -0.2) is 46.2 Å². The molecule has 1 unspecified atom stereocenters. The maximum atomic E-state index is 12.9. The van der Waals surface area contributed by atoms with E-state index < -0.39 is 5.91 Å². The second kappa shape index (κ2) is 7.80. The second-order valence-electron chi connectivity index (χ2n) is 6.62. The molecule has 0 spiro atoms. The first-order valence-electron chi connectivity index (χ1n) is 8.85. The maximum absolute atomic E-state index is 12.9.